The van der Waals surface area contributed by atoms with Crippen LogP contribution in [0.3, 0.4) is 0 Å². The van der Waals surface area contributed by atoms with Crippen LogP contribution in [0.2, 0.25) is 10.0 Å². The number of hydrogen-bond donors (Lipinski definition) is 1. The van der Waals surface area contributed by atoms with E-state index in [1.165, 1.54) is 19.1 Å². The zero-order chi connectivity index (χ0) is 14.9. The van der Waals surface area contributed by atoms with Gasteiger partial charge in [0.1, 0.15) is 0 Å². The van der Waals surface area contributed by atoms with Crippen LogP contribution in [0.15, 0.2) is 36.4 Å². The summed E-state index contributed by atoms with van der Waals surface area (Å²) in [6, 6.07) is 8.67. The van der Waals surface area contributed by atoms with Gasteiger partial charge in [-0.25, -0.2) is 8.78 Å². The zero-order valence-corrected chi connectivity index (χ0v) is 12.1. The SMILES string of the molecule is CC(O)(Cc1cccc(Cl)c1Cl)c1cccc(F)c1F. The second-order valence-corrected chi connectivity index (χ2v) is 5.55. The maximum absolute atomic E-state index is 13.8. The summed E-state index contributed by atoms with van der Waals surface area (Å²) in [4.78, 5) is 0. The van der Waals surface area contributed by atoms with Crippen LogP contribution >= 0.6 is 23.2 Å². The standard InChI is InChI=1S/C15H12Cl2F2O/c1-15(20,10-5-3-7-12(18)14(10)19)8-9-4-2-6-11(16)13(9)17/h2-7,20H,8H2,1H3. The van der Waals surface area contributed by atoms with E-state index in [0.29, 0.717) is 15.6 Å². The topological polar surface area (TPSA) is 20.2 Å². The highest BCUT2D eigenvalue weighted by molar-refractivity contribution is 6.42. The van der Waals surface area contributed by atoms with Crippen molar-refractivity contribution < 1.29 is 13.9 Å². The van der Waals surface area contributed by atoms with Crippen molar-refractivity contribution in [2.75, 3.05) is 0 Å². The minimum atomic E-state index is -1.60. The molecule has 1 atom stereocenters. The first-order valence-electron chi connectivity index (χ1n) is 5.92. The van der Waals surface area contributed by atoms with Gasteiger partial charge in [0.2, 0.25) is 0 Å². The molecule has 0 bridgehead atoms. The molecule has 0 fully saturated rings. The molecule has 0 saturated carbocycles. The van der Waals surface area contributed by atoms with Gasteiger partial charge in [-0.15, -0.1) is 0 Å². The van der Waals surface area contributed by atoms with E-state index in [9.17, 15) is 13.9 Å². The van der Waals surface area contributed by atoms with E-state index < -0.39 is 17.2 Å². The maximum Gasteiger partial charge on any atom is 0.164 e. The summed E-state index contributed by atoms with van der Waals surface area (Å²) in [5, 5.41) is 11.1. The lowest BCUT2D eigenvalue weighted by Gasteiger charge is -2.25. The summed E-state index contributed by atoms with van der Waals surface area (Å²) in [5.41, 5.74) is -1.15. The molecule has 2 aromatic rings. The molecule has 0 aliphatic carbocycles. The molecule has 2 rings (SSSR count). The average Bonchev–Trinajstić information content (AvgIpc) is 2.38. The first-order chi connectivity index (χ1) is 9.33. The third kappa shape index (κ3) is 2.95. The molecule has 2 aromatic carbocycles. The van der Waals surface area contributed by atoms with Gasteiger partial charge in [-0.3, -0.25) is 0 Å². The third-order valence-corrected chi connectivity index (χ3v) is 3.96. The fraction of sp³-hybridized carbons (Fsp3) is 0.200. The second-order valence-electron chi connectivity index (χ2n) is 4.76. The Hall–Kier alpha value is -1.16. The summed E-state index contributed by atoms with van der Waals surface area (Å²) < 4.78 is 27.0. The lowest BCUT2D eigenvalue weighted by atomic mass is 9.88. The van der Waals surface area contributed by atoms with Gasteiger partial charge < -0.3 is 5.11 Å². The number of halogens is 4. The van der Waals surface area contributed by atoms with Crippen LogP contribution in [0.25, 0.3) is 0 Å². The van der Waals surface area contributed by atoms with E-state index >= 15 is 0 Å². The van der Waals surface area contributed by atoms with Crippen LogP contribution in [0, 0.1) is 11.6 Å². The molecule has 0 aliphatic heterocycles. The number of aliphatic hydroxyl groups is 1. The molecular weight excluding hydrogens is 305 g/mol. The molecule has 0 heterocycles. The predicted octanol–water partition coefficient (Wildman–Crippen LogP) is 4.72. The van der Waals surface area contributed by atoms with Gasteiger partial charge in [0.25, 0.3) is 0 Å². The van der Waals surface area contributed by atoms with Crippen molar-refractivity contribution >= 4 is 23.2 Å². The van der Waals surface area contributed by atoms with Crippen LogP contribution in [0.4, 0.5) is 8.78 Å². The minimum absolute atomic E-state index is 0.0206. The summed E-state index contributed by atoms with van der Waals surface area (Å²) in [5.74, 6) is -2.06. The minimum Gasteiger partial charge on any atom is -0.385 e. The normalized spacial score (nSPS) is 14.1. The molecule has 0 aliphatic rings. The van der Waals surface area contributed by atoms with Crippen molar-refractivity contribution in [1.29, 1.82) is 0 Å². The van der Waals surface area contributed by atoms with E-state index in [1.807, 2.05) is 0 Å². The third-order valence-electron chi connectivity index (χ3n) is 3.10. The number of benzene rings is 2. The van der Waals surface area contributed by atoms with Crippen molar-refractivity contribution in [3.05, 3.63) is 69.2 Å². The Morgan fingerprint density at radius 1 is 1.10 bits per heavy atom. The van der Waals surface area contributed by atoms with Crippen molar-refractivity contribution in [2.45, 2.75) is 18.9 Å². The molecule has 0 radical (unpaired) electrons. The van der Waals surface area contributed by atoms with Crippen LogP contribution in [-0.4, -0.2) is 5.11 Å². The van der Waals surface area contributed by atoms with Gasteiger partial charge in [0.15, 0.2) is 11.6 Å². The van der Waals surface area contributed by atoms with E-state index in [-0.39, 0.29) is 12.0 Å². The Bertz CT molecular complexity index is 642. The van der Waals surface area contributed by atoms with Crippen molar-refractivity contribution in [2.24, 2.45) is 0 Å². The Morgan fingerprint density at radius 3 is 2.45 bits per heavy atom. The van der Waals surface area contributed by atoms with Crippen LogP contribution in [0.5, 0.6) is 0 Å². The van der Waals surface area contributed by atoms with Gasteiger partial charge in [0, 0.05) is 12.0 Å². The van der Waals surface area contributed by atoms with Crippen molar-refractivity contribution in [3.8, 4) is 0 Å². The first-order valence-corrected chi connectivity index (χ1v) is 6.68. The Balaban J connectivity index is 2.40. The Morgan fingerprint density at radius 2 is 1.75 bits per heavy atom. The Kier molecular flexibility index (Phi) is 4.33. The highest BCUT2D eigenvalue weighted by atomic mass is 35.5. The average molecular weight is 317 g/mol. The lowest BCUT2D eigenvalue weighted by Crippen LogP contribution is -2.26. The Labute approximate surface area is 125 Å². The monoisotopic (exact) mass is 316 g/mol. The molecule has 20 heavy (non-hydrogen) atoms. The molecule has 5 heteroatoms. The van der Waals surface area contributed by atoms with E-state index in [1.54, 1.807) is 18.2 Å². The molecule has 0 saturated heterocycles. The van der Waals surface area contributed by atoms with E-state index in [0.717, 1.165) is 6.07 Å². The van der Waals surface area contributed by atoms with Gasteiger partial charge in [-0.1, -0.05) is 47.5 Å². The van der Waals surface area contributed by atoms with Gasteiger partial charge in [-0.2, -0.15) is 0 Å². The predicted molar refractivity (Wildman–Crippen MR) is 76.1 cm³/mol. The number of rotatable bonds is 3. The van der Waals surface area contributed by atoms with Crippen molar-refractivity contribution in [3.63, 3.8) is 0 Å². The molecule has 106 valence electrons. The smallest absolute Gasteiger partial charge is 0.164 e. The number of hydrogen-bond acceptors (Lipinski definition) is 1. The highest BCUT2D eigenvalue weighted by Gasteiger charge is 2.29. The molecule has 0 spiro atoms. The summed E-state index contributed by atoms with van der Waals surface area (Å²) in [6.45, 7) is 1.40. The first kappa shape index (κ1) is 15.2. The van der Waals surface area contributed by atoms with Gasteiger partial charge in [0.05, 0.1) is 15.6 Å². The largest absolute Gasteiger partial charge is 0.385 e. The molecule has 1 unspecified atom stereocenters. The van der Waals surface area contributed by atoms with Crippen molar-refractivity contribution in [1.82, 2.24) is 0 Å². The fourth-order valence-corrected chi connectivity index (χ4v) is 2.46. The molecule has 1 nitrogen and oxygen atoms in total. The summed E-state index contributed by atoms with van der Waals surface area (Å²) >= 11 is 11.9. The van der Waals surface area contributed by atoms with Crippen LogP contribution < -0.4 is 0 Å². The van der Waals surface area contributed by atoms with Crippen LogP contribution in [0.1, 0.15) is 18.1 Å². The summed E-state index contributed by atoms with van der Waals surface area (Å²) in [6.07, 6.45) is 0.0206. The van der Waals surface area contributed by atoms with Crippen LogP contribution in [-0.2, 0) is 12.0 Å². The highest BCUT2D eigenvalue weighted by Crippen LogP contribution is 2.33. The molecular formula is C15H12Cl2F2O. The van der Waals surface area contributed by atoms with Gasteiger partial charge in [-0.05, 0) is 24.6 Å². The second kappa shape index (κ2) is 5.68. The zero-order valence-electron chi connectivity index (χ0n) is 10.6. The molecule has 1 N–H and O–H groups in total. The molecule has 0 amide bonds. The maximum atomic E-state index is 13.8. The van der Waals surface area contributed by atoms with E-state index in [4.69, 9.17) is 23.2 Å². The molecule has 0 aromatic heterocycles. The van der Waals surface area contributed by atoms with Gasteiger partial charge >= 0.3 is 0 Å². The summed E-state index contributed by atoms with van der Waals surface area (Å²) in [7, 11) is 0. The fourth-order valence-electron chi connectivity index (χ4n) is 2.07. The lowest BCUT2D eigenvalue weighted by molar-refractivity contribution is 0.0530. The van der Waals surface area contributed by atoms with E-state index in [2.05, 4.69) is 0 Å². The quantitative estimate of drug-likeness (QED) is 0.868.